The van der Waals surface area contributed by atoms with Gasteiger partial charge in [-0.25, -0.2) is 0 Å². The highest BCUT2D eigenvalue weighted by Crippen LogP contribution is 2.19. The van der Waals surface area contributed by atoms with Gasteiger partial charge in [0.05, 0.1) is 5.56 Å². The van der Waals surface area contributed by atoms with Crippen molar-refractivity contribution in [3.8, 4) is 0 Å². The highest BCUT2D eigenvalue weighted by molar-refractivity contribution is 5.99. The highest BCUT2D eigenvalue weighted by Gasteiger charge is 2.18. The number of hydrogen-bond acceptors (Lipinski definition) is 2. The summed E-state index contributed by atoms with van der Waals surface area (Å²) in [6.45, 7) is 9.75. The lowest BCUT2D eigenvalue weighted by atomic mass is 10.1. The Morgan fingerprint density at radius 1 is 1.39 bits per heavy atom. The lowest BCUT2D eigenvalue weighted by molar-refractivity contribution is 0.0742. The molecule has 1 atom stereocenters. The smallest absolute Gasteiger partial charge is 0.255 e. The molecule has 0 saturated heterocycles. The van der Waals surface area contributed by atoms with Gasteiger partial charge >= 0.3 is 0 Å². The van der Waals surface area contributed by atoms with Gasteiger partial charge in [-0.1, -0.05) is 32.4 Å². The molecule has 3 heteroatoms. The Morgan fingerprint density at radius 3 is 2.61 bits per heavy atom. The van der Waals surface area contributed by atoms with Crippen LogP contribution in [0.2, 0.25) is 0 Å². The molecule has 0 aliphatic rings. The third kappa shape index (κ3) is 3.25. The molecule has 0 radical (unpaired) electrons. The molecule has 1 amide bonds. The van der Waals surface area contributed by atoms with Crippen LogP contribution in [0.4, 0.5) is 5.69 Å². The summed E-state index contributed by atoms with van der Waals surface area (Å²) in [5.74, 6) is 0.555. The van der Waals surface area contributed by atoms with Gasteiger partial charge in [0.2, 0.25) is 0 Å². The SMILES string of the molecule is CCC(C)CN(CC)C(=O)c1cccc(C)c1N. The predicted molar refractivity (Wildman–Crippen MR) is 76.6 cm³/mol. The molecule has 0 spiro atoms. The van der Waals surface area contributed by atoms with Crippen molar-refractivity contribution in [1.29, 1.82) is 0 Å². The van der Waals surface area contributed by atoms with E-state index in [1.54, 1.807) is 0 Å². The zero-order valence-electron chi connectivity index (χ0n) is 11.9. The number of benzene rings is 1. The number of nitrogens with two attached hydrogens (primary N) is 1. The fraction of sp³-hybridized carbons (Fsp3) is 0.533. The largest absolute Gasteiger partial charge is 0.398 e. The first kappa shape index (κ1) is 14.6. The summed E-state index contributed by atoms with van der Waals surface area (Å²) in [5, 5.41) is 0. The third-order valence-electron chi connectivity index (χ3n) is 3.45. The predicted octanol–water partition coefficient (Wildman–Crippen LogP) is 3.09. The Kier molecular flexibility index (Phi) is 5.20. The van der Waals surface area contributed by atoms with Crippen LogP contribution in [0, 0.1) is 12.8 Å². The Balaban J connectivity index is 2.93. The molecule has 1 aromatic rings. The number of anilines is 1. The first-order valence-corrected chi connectivity index (χ1v) is 6.65. The van der Waals surface area contributed by atoms with E-state index < -0.39 is 0 Å². The zero-order valence-corrected chi connectivity index (χ0v) is 11.9. The lowest BCUT2D eigenvalue weighted by Gasteiger charge is -2.25. The highest BCUT2D eigenvalue weighted by atomic mass is 16.2. The molecule has 0 saturated carbocycles. The van der Waals surface area contributed by atoms with Crippen molar-refractivity contribution in [3.63, 3.8) is 0 Å². The number of aryl methyl sites for hydroxylation is 1. The quantitative estimate of drug-likeness (QED) is 0.814. The third-order valence-corrected chi connectivity index (χ3v) is 3.45. The molecule has 0 heterocycles. The summed E-state index contributed by atoms with van der Waals surface area (Å²) in [6, 6.07) is 5.62. The molecule has 1 unspecified atom stereocenters. The standard InChI is InChI=1S/C15H24N2O/c1-5-11(3)10-17(6-2)15(18)13-9-7-8-12(4)14(13)16/h7-9,11H,5-6,10,16H2,1-4H3. The number of rotatable bonds is 5. The van der Waals surface area contributed by atoms with E-state index in [1.807, 2.05) is 36.9 Å². The molecule has 0 fully saturated rings. The molecule has 0 bridgehead atoms. The van der Waals surface area contributed by atoms with Gasteiger partial charge < -0.3 is 10.6 Å². The maximum atomic E-state index is 12.4. The van der Waals surface area contributed by atoms with Crippen LogP contribution in [0.15, 0.2) is 18.2 Å². The van der Waals surface area contributed by atoms with Gasteiger partial charge in [0, 0.05) is 18.8 Å². The fourth-order valence-corrected chi connectivity index (χ4v) is 1.90. The van der Waals surface area contributed by atoms with Gasteiger partial charge in [0.15, 0.2) is 0 Å². The van der Waals surface area contributed by atoms with E-state index >= 15 is 0 Å². The van der Waals surface area contributed by atoms with Crippen LogP contribution in [-0.4, -0.2) is 23.9 Å². The number of nitrogen functional groups attached to an aromatic ring is 1. The van der Waals surface area contributed by atoms with Gasteiger partial charge in [0.1, 0.15) is 0 Å². The Morgan fingerprint density at radius 2 is 2.06 bits per heavy atom. The minimum absolute atomic E-state index is 0.0407. The molecule has 0 aromatic heterocycles. The second-order valence-corrected chi connectivity index (χ2v) is 4.89. The van der Waals surface area contributed by atoms with E-state index in [1.165, 1.54) is 0 Å². The number of carbonyl (C=O) groups excluding carboxylic acids is 1. The Bertz CT molecular complexity index is 415. The summed E-state index contributed by atoms with van der Waals surface area (Å²) in [4.78, 5) is 14.3. The first-order chi connectivity index (χ1) is 8.51. The van der Waals surface area contributed by atoms with E-state index in [9.17, 15) is 4.79 Å². The summed E-state index contributed by atoms with van der Waals surface area (Å²) in [7, 11) is 0. The van der Waals surface area contributed by atoms with Crippen LogP contribution < -0.4 is 5.73 Å². The van der Waals surface area contributed by atoms with Crippen molar-refractivity contribution < 1.29 is 4.79 Å². The van der Waals surface area contributed by atoms with E-state index in [0.29, 0.717) is 17.2 Å². The van der Waals surface area contributed by atoms with Gasteiger partial charge in [-0.2, -0.15) is 0 Å². The molecule has 3 nitrogen and oxygen atoms in total. The van der Waals surface area contributed by atoms with Crippen LogP contribution in [0.5, 0.6) is 0 Å². The average molecular weight is 248 g/mol. The van der Waals surface area contributed by atoms with E-state index in [-0.39, 0.29) is 5.91 Å². The van der Waals surface area contributed by atoms with Gasteiger partial charge in [-0.15, -0.1) is 0 Å². The van der Waals surface area contributed by atoms with Crippen molar-refractivity contribution in [1.82, 2.24) is 4.90 Å². The number of para-hydroxylation sites is 1. The number of carbonyl (C=O) groups is 1. The summed E-state index contributed by atoms with van der Waals surface area (Å²) in [5.41, 5.74) is 8.18. The molecule has 1 aromatic carbocycles. The van der Waals surface area contributed by atoms with Crippen molar-refractivity contribution in [2.45, 2.75) is 34.1 Å². The van der Waals surface area contributed by atoms with Crippen LogP contribution in [-0.2, 0) is 0 Å². The number of hydrogen-bond donors (Lipinski definition) is 1. The minimum atomic E-state index is 0.0407. The van der Waals surface area contributed by atoms with Gasteiger partial charge in [-0.05, 0) is 31.4 Å². The Labute approximate surface area is 110 Å². The fourth-order valence-electron chi connectivity index (χ4n) is 1.90. The van der Waals surface area contributed by atoms with Crippen LogP contribution in [0.25, 0.3) is 0 Å². The van der Waals surface area contributed by atoms with E-state index in [2.05, 4.69) is 13.8 Å². The Hall–Kier alpha value is -1.51. The van der Waals surface area contributed by atoms with Crippen molar-refractivity contribution >= 4 is 11.6 Å². The average Bonchev–Trinajstić information content (AvgIpc) is 2.38. The zero-order chi connectivity index (χ0) is 13.7. The lowest BCUT2D eigenvalue weighted by Crippen LogP contribution is -2.35. The van der Waals surface area contributed by atoms with Crippen LogP contribution >= 0.6 is 0 Å². The molecule has 1 rings (SSSR count). The minimum Gasteiger partial charge on any atom is -0.398 e. The molecule has 0 aliphatic carbocycles. The molecular formula is C15H24N2O. The van der Waals surface area contributed by atoms with E-state index in [4.69, 9.17) is 5.73 Å². The molecule has 18 heavy (non-hydrogen) atoms. The summed E-state index contributed by atoms with van der Waals surface area (Å²) in [6.07, 6.45) is 1.08. The monoisotopic (exact) mass is 248 g/mol. The first-order valence-electron chi connectivity index (χ1n) is 6.65. The van der Waals surface area contributed by atoms with Crippen molar-refractivity contribution in [2.24, 2.45) is 5.92 Å². The number of amides is 1. The topological polar surface area (TPSA) is 46.3 Å². The molecular weight excluding hydrogens is 224 g/mol. The second kappa shape index (κ2) is 6.43. The number of nitrogens with zero attached hydrogens (tertiary/aromatic N) is 1. The summed E-state index contributed by atoms with van der Waals surface area (Å²) >= 11 is 0. The molecule has 0 aliphatic heterocycles. The summed E-state index contributed by atoms with van der Waals surface area (Å²) < 4.78 is 0. The van der Waals surface area contributed by atoms with Crippen molar-refractivity contribution in [2.75, 3.05) is 18.8 Å². The van der Waals surface area contributed by atoms with Gasteiger partial charge in [-0.3, -0.25) is 4.79 Å². The van der Waals surface area contributed by atoms with Crippen LogP contribution in [0.3, 0.4) is 0 Å². The van der Waals surface area contributed by atoms with E-state index in [0.717, 1.165) is 25.1 Å². The second-order valence-electron chi connectivity index (χ2n) is 4.89. The molecule has 2 N–H and O–H groups in total. The normalized spacial score (nSPS) is 12.2. The maximum Gasteiger partial charge on any atom is 0.255 e. The molecule has 100 valence electrons. The van der Waals surface area contributed by atoms with Crippen molar-refractivity contribution in [3.05, 3.63) is 29.3 Å². The van der Waals surface area contributed by atoms with Gasteiger partial charge in [0.25, 0.3) is 5.91 Å². The maximum absolute atomic E-state index is 12.4. The van der Waals surface area contributed by atoms with Crippen LogP contribution in [0.1, 0.15) is 43.1 Å².